The van der Waals surface area contributed by atoms with Crippen LogP contribution in [0.25, 0.3) is 0 Å². The Bertz CT molecular complexity index is 883. The topological polar surface area (TPSA) is 95.9 Å². The van der Waals surface area contributed by atoms with Crippen LogP contribution in [0.5, 0.6) is 0 Å². The SMILES string of the molecule is CNC(=O)c1nc(C)c(C)c(N2CC[C@@H](NC(C)c3cnc(C)nc3C)C2)n1. The largest absolute Gasteiger partial charge is 0.355 e. The monoisotopic (exact) mass is 383 g/mol. The molecule has 1 unspecified atom stereocenters. The van der Waals surface area contributed by atoms with Crippen molar-refractivity contribution in [2.24, 2.45) is 0 Å². The molecule has 3 heterocycles. The molecule has 2 atom stereocenters. The lowest BCUT2D eigenvalue weighted by molar-refractivity contribution is 0.0952. The maximum Gasteiger partial charge on any atom is 0.288 e. The molecule has 3 rings (SSSR count). The molecule has 0 aromatic carbocycles. The summed E-state index contributed by atoms with van der Waals surface area (Å²) in [5.41, 5.74) is 3.99. The van der Waals surface area contributed by atoms with Crippen LogP contribution in [0.15, 0.2) is 6.20 Å². The molecule has 150 valence electrons. The number of nitrogens with zero attached hydrogens (tertiary/aromatic N) is 5. The van der Waals surface area contributed by atoms with Gasteiger partial charge in [0.15, 0.2) is 0 Å². The van der Waals surface area contributed by atoms with Gasteiger partial charge >= 0.3 is 0 Å². The number of rotatable bonds is 5. The van der Waals surface area contributed by atoms with Crippen molar-refractivity contribution in [1.82, 2.24) is 30.6 Å². The van der Waals surface area contributed by atoms with Gasteiger partial charge in [0, 0.05) is 60.9 Å². The lowest BCUT2D eigenvalue weighted by Crippen LogP contribution is -2.35. The van der Waals surface area contributed by atoms with Crippen LogP contribution in [0, 0.1) is 27.7 Å². The number of aromatic nitrogens is 4. The summed E-state index contributed by atoms with van der Waals surface area (Å²) in [5, 5.41) is 6.29. The molecule has 0 aliphatic carbocycles. The number of hydrogen-bond donors (Lipinski definition) is 2. The molecular weight excluding hydrogens is 354 g/mol. The molecule has 0 bridgehead atoms. The zero-order chi connectivity index (χ0) is 20.4. The van der Waals surface area contributed by atoms with E-state index in [2.05, 4.69) is 42.4 Å². The van der Waals surface area contributed by atoms with E-state index >= 15 is 0 Å². The van der Waals surface area contributed by atoms with Crippen LogP contribution in [0.3, 0.4) is 0 Å². The van der Waals surface area contributed by atoms with Crippen LogP contribution in [-0.2, 0) is 0 Å². The molecule has 1 aliphatic heterocycles. The van der Waals surface area contributed by atoms with Gasteiger partial charge in [0.25, 0.3) is 5.91 Å². The van der Waals surface area contributed by atoms with Crippen LogP contribution >= 0.6 is 0 Å². The van der Waals surface area contributed by atoms with Crippen molar-refractivity contribution in [1.29, 1.82) is 0 Å². The Morgan fingerprint density at radius 1 is 1.18 bits per heavy atom. The molecule has 8 heteroatoms. The van der Waals surface area contributed by atoms with Crippen LogP contribution in [0.1, 0.15) is 58.3 Å². The summed E-state index contributed by atoms with van der Waals surface area (Å²) in [6.07, 6.45) is 2.92. The van der Waals surface area contributed by atoms with Crippen LogP contribution in [-0.4, -0.2) is 52.0 Å². The second-order valence-electron chi connectivity index (χ2n) is 7.44. The number of nitrogens with one attached hydrogen (secondary N) is 2. The molecule has 1 saturated heterocycles. The summed E-state index contributed by atoms with van der Waals surface area (Å²) in [7, 11) is 1.59. The van der Waals surface area contributed by atoms with Crippen molar-refractivity contribution in [3.8, 4) is 0 Å². The van der Waals surface area contributed by atoms with E-state index in [9.17, 15) is 4.79 Å². The van der Waals surface area contributed by atoms with Gasteiger partial charge in [-0.3, -0.25) is 4.79 Å². The highest BCUT2D eigenvalue weighted by atomic mass is 16.2. The van der Waals surface area contributed by atoms with Gasteiger partial charge in [-0.05, 0) is 41.0 Å². The third-order valence-corrected chi connectivity index (χ3v) is 5.37. The molecule has 0 saturated carbocycles. The number of aryl methyl sites for hydroxylation is 3. The number of carbonyl (C=O) groups is 1. The molecule has 2 aromatic rings. The average Bonchev–Trinajstić information content (AvgIpc) is 3.11. The maximum absolute atomic E-state index is 12.0. The lowest BCUT2D eigenvalue weighted by atomic mass is 10.1. The van der Waals surface area contributed by atoms with Crippen LogP contribution in [0.2, 0.25) is 0 Å². The predicted molar refractivity (Wildman–Crippen MR) is 109 cm³/mol. The third-order valence-electron chi connectivity index (χ3n) is 5.37. The number of anilines is 1. The molecule has 2 N–H and O–H groups in total. The summed E-state index contributed by atoms with van der Waals surface area (Å²) in [5.74, 6) is 1.60. The van der Waals surface area contributed by atoms with Crippen molar-refractivity contribution in [3.63, 3.8) is 0 Å². The molecule has 1 amide bonds. The van der Waals surface area contributed by atoms with Gasteiger partial charge in [-0.1, -0.05) is 0 Å². The second-order valence-corrected chi connectivity index (χ2v) is 7.44. The summed E-state index contributed by atoms with van der Waals surface area (Å²) in [6.45, 7) is 11.7. The van der Waals surface area contributed by atoms with E-state index in [4.69, 9.17) is 0 Å². The number of carbonyl (C=O) groups excluding carboxylic acids is 1. The fraction of sp³-hybridized carbons (Fsp3) is 0.550. The molecule has 1 aliphatic rings. The Morgan fingerprint density at radius 2 is 1.93 bits per heavy atom. The van der Waals surface area contributed by atoms with E-state index in [-0.39, 0.29) is 17.8 Å². The Morgan fingerprint density at radius 3 is 2.61 bits per heavy atom. The first-order valence-electron chi connectivity index (χ1n) is 9.68. The number of amides is 1. The van der Waals surface area contributed by atoms with E-state index < -0.39 is 0 Å². The van der Waals surface area contributed by atoms with Crippen molar-refractivity contribution in [2.45, 2.75) is 53.1 Å². The standard InChI is InChI=1S/C20H29N7O/c1-11-12(2)25-18(20(28)21-6)26-19(11)27-8-7-16(10-27)24-14(4)17-9-22-15(5)23-13(17)3/h9,14,16,24H,7-8,10H2,1-6H3,(H,21,28)/t14?,16-/m1/s1. The van der Waals surface area contributed by atoms with Gasteiger partial charge in [-0.15, -0.1) is 0 Å². The van der Waals surface area contributed by atoms with Gasteiger partial charge in [0.2, 0.25) is 5.82 Å². The molecular formula is C20H29N7O. The molecule has 8 nitrogen and oxygen atoms in total. The zero-order valence-corrected chi connectivity index (χ0v) is 17.5. The molecule has 2 aromatic heterocycles. The quantitative estimate of drug-likeness (QED) is 0.812. The van der Waals surface area contributed by atoms with E-state index in [0.717, 1.165) is 53.7 Å². The Kier molecular flexibility index (Phi) is 5.88. The fourth-order valence-corrected chi connectivity index (χ4v) is 3.68. The van der Waals surface area contributed by atoms with E-state index in [1.165, 1.54) is 0 Å². The van der Waals surface area contributed by atoms with Crippen molar-refractivity contribution >= 4 is 11.7 Å². The van der Waals surface area contributed by atoms with E-state index in [1.54, 1.807) is 7.05 Å². The molecule has 1 fully saturated rings. The summed E-state index contributed by atoms with van der Waals surface area (Å²) < 4.78 is 0. The van der Waals surface area contributed by atoms with Crippen molar-refractivity contribution < 1.29 is 4.79 Å². The molecule has 0 radical (unpaired) electrons. The molecule has 28 heavy (non-hydrogen) atoms. The predicted octanol–water partition coefficient (Wildman–Crippen LogP) is 1.79. The van der Waals surface area contributed by atoms with Gasteiger partial charge in [-0.25, -0.2) is 19.9 Å². The van der Waals surface area contributed by atoms with Crippen molar-refractivity contribution in [3.05, 3.63) is 40.4 Å². The fourth-order valence-electron chi connectivity index (χ4n) is 3.68. The van der Waals surface area contributed by atoms with Gasteiger partial charge in [0.1, 0.15) is 11.6 Å². The van der Waals surface area contributed by atoms with Gasteiger partial charge < -0.3 is 15.5 Å². The summed E-state index contributed by atoms with van der Waals surface area (Å²) in [4.78, 5) is 31.9. The minimum Gasteiger partial charge on any atom is -0.355 e. The Hall–Kier alpha value is -2.61. The van der Waals surface area contributed by atoms with Crippen LogP contribution in [0.4, 0.5) is 5.82 Å². The van der Waals surface area contributed by atoms with Crippen molar-refractivity contribution in [2.75, 3.05) is 25.0 Å². The average molecular weight is 384 g/mol. The Labute approximate surface area is 166 Å². The smallest absolute Gasteiger partial charge is 0.288 e. The van der Waals surface area contributed by atoms with E-state index in [1.807, 2.05) is 33.9 Å². The highest BCUT2D eigenvalue weighted by molar-refractivity contribution is 5.90. The maximum atomic E-state index is 12.0. The van der Waals surface area contributed by atoms with Gasteiger partial charge in [-0.2, -0.15) is 0 Å². The first kappa shape index (κ1) is 20.1. The highest BCUT2D eigenvalue weighted by Gasteiger charge is 2.28. The first-order chi connectivity index (χ1) is 13.3. The zero-order valence-electron chi connectivity index (χ0n) is 17.5. The first-order valence-corrected chi connectivity index (χ1v) is 9.68. The highest BCUT2D eigenvalue weighted by Crippen LogP contribution is 2.25. The summed E-state index contributed by atoms with van der Waals surface area (Å²) in [6, 6.07) is 0.494. The minimum atomic E-state index is -0.262. The van der Waals surface area contributed by atoms with Gasteiger partial charge in [0.05, 0.1) is 0 Å². The lowest BCUT2D eigenvalue weighted by Gasteiger charge is -2.23. The second kappa shape index (κ2) is 8.18. The molecule has 0 spiro atoms. The minimum absolute atomic E-state index is 0.167. The third kappa shape index (κ3) is 4.11. The normalized spacial score (nSPS) is 17.6. The number of hydrogen-bond acceptors (Lipinski definition) is 7. The summed E-state index contributed by atoms with van der Waals surface area (Å²) >= 11 is 0. The van der Waals surface area contributed by atoms with Crippen LogP contribution < -0.4 is 15.5 Å². The Balaban J connectivity index is 1.73. The van der Waals surface area contributed by atoms with E-state index in [0.29, 0.717) is 6.04 Å².